The lowest BCUT2D eigenvalue weighted by Crippen LogP contribution is -2.37. The fourth-order valence-electron chi connectivity index (χ4n) is 10.2. The first-order chi connectivity index (χ1) is 35.8. The maximum atomic E-state index is 12.5. The normalized spacial score (nSPS) is 17.8. The van der Waals surface area contributed by atoms with Gasteiger partial charge in [0.25, 0.3) is 0 Å². The van der Waals surface area contributed by atoms with Crippen molar-refractivity contribution in [2.24, 2.45) is 11.8 Å². The number of nitrogens with one attached hydrogen (secondary N) is 1. The molecule has 2 saturated heterocycles. The number of nitrogens with zero attached hydrogens (tertiary/aromatic N) is 9. The molecule has 2 aliphatic heterocycles. The Bertz CT molecular complexity index is 3000. The lowest BCUT2D eigenvalue weighted by molar-refractivity contribution is 0.0276. The quantitative estimate of drug-likeness (QED) is 0.0769. The Hall–Kier alpha value is -6.51. The molecule has 3 N–H and O–H groups in total. The number of amides is 2. The van der Waals surface area contributed by atoms with Crippen LogP contribution in [0.15, 0.2) is 72.8 Å². The van der Waals surface area contributed by atoms with Crippen LogP contribution in [0.2, 0.25) is 0 Å². The van der Waals surface area contributed by atoms with Gasteiger partial charge in [0, 0.05) is 58.2 Å². The van der Waals surface area contributed by atoms with Crippen LogP contribution in [-0.4, -0.2) is 131 Å². The van der Waals surface area contributed by atoms with Gasteiger partial charge in [0.1, 0.15) is 11.2 Å². The van der Waals surface area contributed by atoms with Gasteiger partial charge in [-0.15, -0.1) is 0 Å². The SMILES string of the molecule is CC(C)(C)OC(=O)NC[C@H]1CCN(c2cc(C(=O)O)nc3c2c(C2CCC2)nn3-c2ccccc2)C1.CI.CN(C[C@H]1CCN(c2cc(C(=O)O)nc3c2c(C2CCC2)nn3-c2ccccc2)C1)C(=O)OC(C)(C)C. The number of carbonyl (C=O) groups excluding carboxylic acids is 2. The number of hydrogen-bond donors (Lipinski definition) is 3. The molecular weight excluding hydrogens is 1070 g/mol. The van der Waals surface area contributed by atoms with Crippen molar-refractivity contribution in [1.29, 1.82) is 0 Å². The molecule has 18 nitrogen and oxygen atoms in total. The number of carbonyl (C=O) groups is 4. The first-order valence-electron chi connectivity index (χ1n) is 26.0. The Morgan fingerprint density at radius 2 is 1.08 bits per heavy atom. The predicted molar refractivity (Wildman–Crippen MR) is 299 cm³/mol. The van der Waals surface area contributed by atoms with Gasteiger partial charge in [-0.3, -0.25) is 0 Å². The van der Waals surface area contributed by atoms with Crippen molar-refractivity contribution < 1.29 is 38.9 Å². The number of carboxylic acid groups (broad SMARTS) is 2. The van der Waals surface area contributed by atoms with E-state index in [1.807, 2.05) is 107 Å². The summed E-state index contributed by atoms with van der Waals surface area (Å²) in [5, 5.41) is 34.5. The minimum atomic E-state index is -1.06. The second-order valence-electron chi connectivity index (χ2n) is 22.0. The molecule has 10 rings (SSSR count). The van der Waals surface area contributed by atoms with Crippen LogP contribution in [0.25, 0.3) is 33.4 Å². The number of pyridine rings is 2. The highest BCUT2D eigenvalue weighted by Crippen LogP contribution is 2.45. The van der Waals surface area contributed by atoms with E-state index in [-0.39, 0.29) is 29.3 Å². The molecule has 4 aromatic heterocycles. The van der Waals surface area contributed by atoms with Crippen molar-refractivity contribution in [1.82, 2.24) is 39.7 Å². The molecule has 0 radical (unpaired) electrons. The number of halogens is 1. The number of aromatic carboxylic acids is 2. The number of rotatable bonds is 12. The molecule has 0 spiro atoms. The van der Waals surface area contributed by atoms with E-state index in [2.05, 4.69) is 47.7 Å². The molecule has 19 heteroatoms. The lowest BCUT2D eigenvalue weighted by atomic mass is 9.82. The molecule has 0 unspecified atom stereocenters. The zero-order valence-corrected chi connectivity index (χ0v) is 46.5. The summed E-state index contributed by atoms with van der Waals surface area (Å²) >= 11 is 2.15. The van der Waals surface area contributed by atoms with Gasteiger partial charge >= 0.3 is 24.1 Å². The highest BCUT2D eigenvalue weighted by molar-refractivity contribution is 14.1. The first kappa shape index (κ1) is 54.7. The monoisotopic (exact) mass is 1140 g/mol. The number of para-hydroxylation sites is 2. The summed E-state index contributed by atoms with van der Waals surface area (Å²) in [7, 11) is 1.77. The first-order valence-corrected chi connectivity index (χ1v) is 28.2. The summed E-state index contributed by atoms with van der Waals surface area (Å²) in [6, 6.07) is 22.9. The zero-order valence-electron chi connectivity index (χ0n) is 44.4. The molecule has 2 aromatic carbocycles. The Balaban J connectivity index is 0.000000193. The Morgan fingerprint density at radius 1 is 0.653 bits per heavy atom. The van der Waals surface area contributed by atoms with Crippen LogP contribution >= 0.6 is 22.6 Å². The summed E-state index contributed by atoms with van der Waals surface area (Å²) in [6.07, 6.45) is 7.66. The zero-order chi connectivity index (χ0) is 53.8. The third kappa shape index (κ3) is 12.8. The van der Waals surface area contributed by atoms with Crippen LogP contribution in [0.5, 0.6) is 0 Å². The summed E-state index contributed by atoms with van der Waals surface area (Å²) < 4.78 is 14.5. The van der Waals surface area contributed by atoms with E-state index < -0.39 is 29.2 Å². The molecule has 2 atom stereocenters. The standard InChI is InChI=1S/C28H35N5O4.C27H33N5O4.CH3I/c1-28(2,3)37-27(36)31(4)16-18-13-14-32(17-18)22-15-21(26(34)35)29-25-23(22)24(19-9-8-10-19)30-33(25)20-11-6-5-7-12-20;1-27(2,3)36-26(35)28-15-17-12-13-31(16-17)21-14-20(25(33)34)29-24-22(21)23(18-8-7-9-18)30-32(24)19-10-5-4-6-11-19;1-2/h5-7,11-12,15,18-19H,8-10,13-14,16-17H2,1-4H3,(H,34,35);4-6,10-11,14,17-18H,7-9,12-13,15-16H2,1-3H3,(H,28,35)(H,33,34);1H3/t18-;17-;/m11./s1. The van der Waals surface area contributed by atoms with E-state index in [0.29, 0.717) is 49.3 Å². The molecule has 2 saturated carbocycles. The lowest BCUT2D eigenvalue weighted by Gasteiger charge is -2.27. The van der Waals surface area contributed by atoms with Crippen molar-refractivity contribution in [2.75, 3.05) is 61.0 Å². The number of aromatic nitrogens is 6. The van der Waals surface area contributed by atoms with E-state index in [1.165, 1.54) is 12.8 Å². The largest absolute Gasteiger partial charge is 0.477 e. The average molecular weight is 1140 g/mol. The highest BCUT2D eigenvalue weighted by Gasteiger charge is 2.35. The van der Waals surface area contributed by atoms with Gasteiger partial charge in [-0.2, -0.15) is 10.2 Å². The Morgan fingerprint density at radius 3 is 1.48 bits per heavy atom. The summed E-state index contributed by atoms with van der Waals surface area (Å²) in [6.45, 7) is 15.1. The second kappa shape index (κ2) is 23.2. The Labute approximate surface area is 452 Å². The summed E-state index contributed by atoms with van der Waals surface area (Å²) in [4.78, 5) is 66.0. The second-order valence-corrected chi connectivity index (χ2v) is 22.0. The van der Waals surface area contributed by atoms with Crippen LogP contribution in [0.1, 0.15) is 137 Å². The van der Waals surface area contributed by atoms with Crippen molar-refractivity contribution >= 4 is 80.2 Å². The maximum absolute atomic E-state index is 12.5. The molecule has 75 heavy (non-hydrogen) atoms. The molecule has 4 fully saturated rings. The van der Waals surface area contributed by atoms with E-state index in [4.69, 9.17) is 19.7 Å². The van der Waals surface area contributed by atoms with Gasteiger partial charge in [0.05, 0.1) is 44.9 Å². The molecule has 2 aliphatic carbocycles. The van der Waals surface area contributed by atoms with E-state index in [1.54, 1.807) is 33.4 Å². The van der Waals surface area contributed by atoms with Crippen molar-refractivity contribution in [2.45, 2.75) is 116 Å². The van der Waals surface area contributed by atoms with Gasteiger partial charge in [0.2, 0.25) is 0 Å². The minimum absolute atomic E-state index is 0.00469. The molecule has 6 aromatic rings. The molecule has 4 aliphatic rings. The minimum Gasteiger partial charge on any atom is -0.477 e. The number of ether oxygens (including phenoxy) is 2. The van der Waals surface area contributed by atoms with Gasteiger partial charge in [-0.1, -0.05) is 71.8 Å². The fourth-order valence-corrected chi connectivity index (χ4v) is 10.2. The van der Waals surface area contributed by atoms with E-state index in [9.17, 15) is 29.4 Å². The molecule has 400 valence electrons. The molecule has 6 heterocycles. The average Bonchev–Trinajstić information content (AvgIpc) is 4.16. The Kier molecular flexibility index (Phi) is 16.9. The number of alkyl carbamates (subject to hydrolysis) is 1. The van der Waals surface area contributed by atoms with Crippen molar-refractivity contribution in [3.8, 4) is 11.4 Å². The van der Waals surface area contributed by atoms with Crippen molar-refractivity contribution in [3.63, 3.8) is 0 Å². The summed E-state index contributed by atoms with van der Waals surface area (Å²) in [5.74, 6) is -0.960. The van der Waals surface area contributed by atoms with Crippen LogP contribution < -0.4 is 15.1 Å². The van der Waals surface area contributed by atoms with Gasteiger partial charge < -0.3 is 39.7 Å². The number of anilines is 2. The van der Waals surface area contributed by atoms with Crippen LogP contribution in [0, 0.1) is 11.8 Å². The summed E-state index contributed by atoms with van der Waals surface area (Å²) in [5.41, 5.74) is 5.53. The molecule has 2 amide bonds. The van der Waals surface area contributed by atoms with Gasteiger partial charge in [-0.05, 0) is 133 Å². The van der Waals surface area contributed by atoms with Crippen LogP contribution in [0.4, 0.5) is 21.0 Å². The third-order valence-corrected chi connectivity index (χ3v) is 14.1. The molecule has 0 bridgehead atoms. The van der Waals surface area contributed by atoms with Crippen LogP contribution in [0.3, 0.4) is 0 Å². The number of benzene rings is 2. The maximum Gasteiger partial charge on any atom is 0.410 e. The van der Waals surface area contributed by atoms with Crippen molar-refractivity contribution in [3.05, 3.63) is 95.6 Å². The third-order valence-electron chi connectivity index (χ3n) is 14.1. The number of fused-ring (bicyclic) bond motifs is 2. The van der Waals surface area contributed by atoms with Gasteiger partial charge in [0.15, 0.2) is 22.7 Å². The number of carboxylic acids is 2. The predicted octanol–water partition coefficient (Wildman–Crippen LogP) is 10.9. The highest BCUT2D eigenvalue weighted by atomic mass is 127. The molecular formula is C56H71IN10O8. The topological polar surface area (TPSA) is 210 Å². The fraction of sp³-hybridized carbons (Fsp3) is 0.500. The smallest absolute Gasteiger partial charge is 0.410 e. The number of hydrogen-bond acceptors (Lipinski definition) is 12. The van der Waals surface area contributed by atoms with Crippen LogP contribution in [-0.2, 0) is 9.47 Å². The van der Waals surface area contributed by atoms with Gasteiger partial charge in [-0.25, -0.2) is 38.5 Å². The number of alkyl halides is 1. The van der Waals surface area contributed by atoms with E-state index >= 15 is 0 Å². The van der Waals surface area contributed by atoms with E-state index in [0.717, 1.165) is 96.5 Å².